The van der Waals surface area contributed by atoms with E-state index in [2.05, 4.69) is 16.5 Å². The third-order valence-corrected chi connectivity index (χ3v) is 4.04. The van der Waals surface area contributed by atoms with Gasteiger partial charge in [-0.15, -0.1) is 0 Å². The van der Waals surface area contributed by atoms with Crippen molar-refractivity contribution in [1.82, 2.24) is 15.1 Å². The van der Waals surface area contributed by atoms with Crippen molar-refractivity contribution in [2.24, 2.45) is 12.5 Å². The van der Waals surface area contributed by atoms with Crippen LogP contribution in [-0.4, -0.2) is 22.2 Å². The Morgan fingerprint density at radius 2 is 2.15 bits per heavy atom. The summed E-state index contributed by atoms with van der Waals surface area (Å²) < 4.78 is 1.75. The molecule has 1 aliphatic carbocycles. The van der Waals surface area contributed by atoms with Crippen molar-refractivity contribution in [3.8, 4) is 6.07 Å². The van der Waals surface area contributed by atoms with E-state index in [1.807, 2.05) is 19.3 Å². The maximum atomic E-state index is 12.3. The van der Waals surface area contributed by atoms with Crippen LogP contribution in [0.4, 0.5) is 0 Å². The van der Waals surface area contributed by atoms with E-state index in [1.54, 1.807) is 4.68 Å². The molecule has 5 nitrogen and oxygen atoms in total. The van der Waals surface area contributed by atoms with Crippen LogP contribution in [0.15, 0.2) is 12.3 Å². The molecule has 0 atom stereocenters. The summed E-state index contributed by atoms with van der Waals surface area (Å²) in [6.07, 6.45) is 8.18. The molecule has 0 bridgehead atoms. The van der Waals surface area contributed by atoms with E-state index < -0.39 is 5.41 Å². The number of carbonyl (C=O) groups excluding carboxylic acids is 1. The van der Waals surface area contributed by atoms with Crippen LogP contribution < -0.4 is 5.32 Å². The molecule has 0 radical (unpaired) electrons. The summed E-state index contributed by atoms with van der Waals surface area (Å²) in [4.78, 5) is 12.3. The Balaban J connectivity index is 1.87. The molecule has 0 aromatic carbocycles. The Morgan fingerprint density at radius 1 is 1.45 bits per heavy atom. The second-order valence-corrected chi connectivity index (χ2v) is 5.59. The first-order chi connectivity index (χ1) is 9.66. The number of nitrogens with zero attached hydrogens (tertiary/aromatic N) is 3. The molecule has 1 aromatic rings. The second-order valence-electron chi connectivity index (χ2n) is 5.59. The fraction of sp³-hybridized carbons (Fsp3) is 0.667. The molecule has 1 aromatic heterocycles. The molecule has 1 fully saturated rings. The SMILES string of the molecule is Cn1ccc(CCNC(=O)C2(C#N)CCCCCC2)n1. The number of carbonyl (C=O) groups is 1. The van der Waals surface area contributed by atoms with E-state index >= 15 is 0 Å². The molecular weight excluding hydrogens is 252 g/mol. The molecule has 5 heteroatoms. The van der Waals surface area contributed by atoms with Crippen molar-refractivity contribution in [3.05, 3.63) is 18.0 Å². The number of hydrogen-bond donors (Lipinski definition) is 1. The van der Waals surface area contributed by atoms with Gasteiger partial charge in [-0.25, -0.2) is 0 Å². The van der Waals surface area contributed by atoms with Crippen LogP contribution in [-0.2, 0) is 18.3 Å². The Labute approximate surface area is 120 Å². The van der Waals surface area contributed by atoms with Gasteiger partial charge in [0.1, 0.15) is 5.41 Å². The molecule has 20 heavy (non-hydrogen) atoms. The van der Waals surface area contributed by atoms with Crippen molar-refractivity contribution in [3.63, 3.8) is 0 Å². The lowest BCUT2D eigenvalue weighted by Crippen LogP contribution is -2.40. The van der Waals surface area contributed by atoms with Crippen molar-refractivity contribution < 1.29 is 4.79 Å². The van der Waals surface area contributed by atoms with Crippen LogP contribution in [0.2, 0.25) is 0 Å². The largest absolute Gasteiger partial charge is 0.354 e. The number of hydrogen-bond acceptors (Lipinski definition) is 3. The van der Waals surface area contributed by atoms with Gasteiger partial charge in [0.15, 0.2) is 0 Å². The molecule has 1 amide bonds. The van der Waals surface area contributed by atoms with Gasteiger partial charge in [0.25, 0.3) is 0 Å². The maximum absolute atomic E-state index is 12.3. The van der Waals surface area contributed by atoms with Gasteiger partial charge in [0.05, 0.1) is 11.8 Å². The van der Waals surface area contributed by atoms with E-state index in [1.165, 1.54) is 0 Å². The van der Waals surface area contributed by atoms with Gasteiger partial charge >= 0.3 is 0 Å². The van der Waals surface area contributed by atoms with Crippen molar-refractivity contribution >= 4 is 5.91 Å². The maximum Gasteiger partial charge on any atom is 0.240 e. The Morgan fingerprint density at radius 3 is 2.70 bits per heavy atom. The monoisotopic (exact) mass is 274 g/mol. The van der Waals surface area contributed by atoms with Gasteiger partial charge in [-0.3, -0.25) is 9.48 Å². The molecule has 1 aliphatic rings. The van der Waals surface area contributed by atoms with Crippen LogP contribution in [0.1, 0.15) is 44.2 Å². The van der Waals surface area contributed by atoms with Gasteiger partial charge in [-0.05, 0) is 18.9 Å². The topological polar surface area (TPSA) is 70.7 Å². The molecule has 0 aliphatic heterocycles. The summed E-state index contributed by atoms with van der Waals surface area (Å²) in [6.45, 7) is 0.541. The van der Waals surface area contributed by atoms with E-state index in [0.717, 1.165) is 31.4 Å². The quantitative estimate of drug-likeness (QED) is 0.853. The molecular formula is C15H22N4O. The summed E-state index contributed by atoms with van der Waals surface area (Å²) in [5, 5.41) is 16.6. The summed E-state index contributed by atoms with van der Waals surface area (Å²) >= 11 is 0. The van der Waals surface area contributed by atoms with E-state index in [-0.39, 0.29) is 5.91 Å². The van der Waals surface area contributed by atoms with Crippen LogP contribution >= 0.6 is 0 Å². The highest BCUT2D eigenvalue weighted by Gasteiger charge is 2.38. The summed E-state index contributed by atoms with van der Waals surface area (Å²) in [5.41, 5.74) is 0.153. The zero-order valence-corrected chi connectivity index (χ0v) is 12.1. The Kier molecular flexibility index (Phi) is 4.78. The number of rotatable bonds is 4. The number of amides is 1. The summed E-state index contributed by atoms with van der Waals surface area (Å²) in [5.74, 6) is -0.0992. The minimum absolute atomic E-state index is 0.0992. The summed E-state index contributed by atoms with van der Waals surface area (Å²) in [6, 6.07) is 4.22. The lowest BCUT2D eigenvalue weighted by molar-refractivity contribution is -0.128. The minimum atomic E-state index is -0.805. The molecule has 1 heterocycles. The Hall–Kier alpha value is -1.83. The molecule has 0 spiro atoms. The highest BCUT2D eigenvalue weighted by Crippen LogP contribution is 2.34. The predicted molar refractivity (Wildman–Crippen MR) is 75.7 cm³/mol. The lowest BCUT2D eigenvalue weighted by Gasteiger charge is -2.23. The fourth-order valence-electron chi connectivity index (χ4n) is 2.79. The average molecular weight is 274 g/mol. The second kappa shape index (κ2) is 6.56. The van der Waals surface area contributed by atoms with Crippen molar-refractivity contribution in [1.29, 1.82) is 5.26 Å². The molecule has 2 rings (SSSR count). The van der Waals surface area contributed by atoms with Crippen LogP contribution in [0, 0.1) is 16.7 Å². The zero-order valence-electron chi connectivity index (χ0n) is 12.1. The zero-order chi connectivity index (χ0) is 14.4. The molecule has 1 N–H and O–H groups in total. The normalized spacial score (nSPS) is 18.0. The van der Waals surface area contributed by atoms with E-state index in [0.29, 0.717) is 25.8 Å². The summed E-state index contributed by atoms with van der Waals surface area (Å²) in [7, 11) is 1.87. The van der Waals surface area contributed by atoms with Crippen LogP contribution in [0.3, 0.4) is 0 Å². The fourth-order valence-corrected chi connectivity index (χ4v) is 2.79. The molecule has 0 unspecified atom stereocenters. The number of aromatic nitrogens is 2. The highest BCUT2D eigenvalue weighted by molar-refractivity contribution is 5.85. The Bertz CT molecular complexity index is 492. The van der Waals surface area contributed by atoms with Gasteiger partial charge in [-0.1, -0.05) is 25.7 Å². The van der Waals surface area contributed by atoms with Crippen LogP contribution in [0.25, 0.3) is 0 Å². The first kappa shape index (κ1) is 14.6. The van der Waals surface area contributed by atoms with Gasteiger partial charge in [0.2, 0.25) is 5.91 Å². The van der Waals surface area contributed by atoms with Crippen LogP contribution in [0.5, 0.6) is 0 Å². The van der Waals surface area contributed by atoms with Gasteiger partial charge < -0.3 is 5.32 Å². The lowest BCUT2D eigenvalue weighted by atomic mass is 9.81. The minimum Gasteiger partial charge on any atom is -0.354 e. The number of nitrogens with one attached hydrogen (secondary N) is 1. The highest BCUT2D eigenvalue weighted by atomic mass is 16.2. The number of nitriles is 1. The molecule has 0 saturated heterocycles. The third kappa shape index (κ3) is 3.38. The number of aryl methyl sites for hydroxylation is 1. The van der Waals surface area contributed by atoms with E-state index in [4.69, 9.17) is 0 Å². The van der Waals surface area contributed by atoms with Gasteiger partial charge in [0, 0.05) is 26.2 Å². The van der Waals surface area contributed by atoms with Gasteiger partial charge in [-0.2, -0.15) is 10.4 Å². The predicted octanol–water partition coefficient (Wildman–Crippen LogP) is 1.94. The molecule has 108 valence electrons. The first-order valence-corrected chi connectivity index (χ1v) is 7.34. The van der Waals surface area contributed by atoms with E-state index in [9.17, 15) is 10.1 Å². The van der Waals surface area contributed by atoms with Crippen molar-refractivity contribution in [2.75, 3.05) is 6.54 Å². The first-order valence-electron chi connectivity index (χ1n) is 7.34. The smallest absolute Gasteiger partial charge is 0.240 e. The van der Waals surface area contributed by atoms with Crippen molar-refractivity contribution in [2.45, 2.75) is 44.9 Å². The average Bonchev–Trinajstić information content (AvgIpc) is 2.73. The standard InChI is InChI=1S/C15H22N4O/c1-19-11-7-13(18-19)6-10-17-14(20)15(12-16)8-4-2-3-5-9-15/h7,11H,2-6,8-10H2,1H3,(H,17,20). The molecule has 1 saturated carbocycles. The third-order valence-electron chi connectivity index (χ3n) is 4.04.